The number of amides is 1. The molecular weight excluding hydrogens is 468 g/mol. The number of benzene rings is 2. The van der Waals surface area contributed by atoms with E-state index in [1.54, 1.807) is 30.2 Å². The van der Waals surface area contributed by atoms with Gasteiger partial charge in [-0.05, 0) is 66.8 Å². The summed E-state index contributed by atoms with van der Waals surface area (Å²) in [7, 11) is 1.98. The summed E-state index contributed by atoms with van der Waals surface area (Å²) >= 11 is 1.60. The van der Waals surface area contributed by atoms with E-state index in [9.17, 15) is 4.79 Å². The Labute approximate surface area is 217 Å². The highest BCUT2D eigenvalue weighted by atomic mass is 32.2. The third-order valence-corrected chi connectivity index (χ3v) is 7.40. The lowest BCUT2D eigenvalue weighted by Gasteiger charge is -2.22. The maximum absolute atomic E-state index is 13.3. The second-order valence-corrected chi connectivity index (χ2v) is 11.3. The van der Waals surface area contributed by atoms with Gasteiger partial charge in [-0.1, -0.05) is 32.9 Å². The Bertz CT molecular complexity index is 1320. The molecule has 1 fully saturated rings. The first-order valence-electron chi connectivity index (χ1n) is 12.1. The Kier molecular flexibility index (Phi) is 7.20. The number of rotatable bonds is 7. The molecule has 1 amide bonds. The first-order chi connectivity index (χ1) is 17.0. The molecule has 2 aromatic carbocycles. The normalized spacial score (nSPS) is 14.1. The predicted octanol–water partition coefficient (Wildman–Crippen LogP) is 5.52. The molecule has 0 aliphatic heterocycles. The Morgan fingerprint density at radius 3 is 2.58 bits per heavy atom. The van der Waals surface area contributed by atoms with Crippen molar-refractivity contribution in [3.05, 3.63) is 77.0 Å². The van der Waals surface area contributed by atoms with E-state index in [0.717, 1.165) is 33.2 Å². The number of nitrogens with zero attached hydrogens (tertiary/aromatic N) is 3. The maximum atomic E-state index is 13.3. The van der Waals surface area contributed by atoms with Crippen LogP contribution in [0.5, 0.6) is 0 Å². The van der Waals surface area contributed by atoms with Crippen LogP contribution in [0, 0.1) is 6.92 Å². The molecule has 1 aliphatic carbocycles. The van der Waals surface area contributed by atoms with Crippen molar-refractivity contribution >= 4 is 34.7 Å². The molecule has 190 valence electrons. The highest BCUT2D eigenvalue weighted by molar-refractivity contribution is 7.98. The molecule has 8 heteroatoms. The second kappa shape index (κ2) is 10.0. The number of hydrazine groups is 1. The topological polar surface area (TPSA) is 102 Å². The lowest BCUT2D eigenvalue weighted by atomic mass is 9.87. The summed E-state index contributed by atoms with van der Waals surface area (Å²) < 4.78 is 2.03. The molecule has 0 saturated heterocycles. The fourth-order valence-electron chi connectivity index (χ4n) is 4.19. The van der Waals surface area contributed by atoms with Crippen LogP contribution >= 0.6 is 11.8 Å². The molecule has 0 atom stereocenters. The fraction of sp³-hybridized carbons (Fsp3) is 0.357. The number of thioether (sulfide) groups is 1. The van der Waals surface area contributed by atoms with Crippen LogP contribution in [-0.2, 0) is 12.5 Å². The van der Waals surface area contributed by atoms with Crippen LogP contribution in [0.3, 0.4) is 0 Å². The average Bonchev–Trinajstić information content (AvgIpc) is 3.59. The first kappa shape index (κ1) is 25.9. The average molecular weight is 505 g/mol. The molecule has 0 radical (unpaired) electrons. The number of hydrogen-bond donors (Lipinski definition) is 3. The number of aryl methyl sites for hydroxylation is 1. The molecule has 1 saturated carbocycles. The van der Waals surface area contributed by atoms with Gasteiger partial charge in [-0.3, -0.25) is 9.80 Å². The summed E-state index contributed by atoms with van der Waals surface area (Å²) in [4.78, 5) is 18.8. The van der Waals surface area contributed by atoms with Gasteiger partial charge in [0.1, 0.15) is 5.82 Å². The van der Waals surface area contributed by atoms with Crippen molar-refractivity contribution < 1.29 is 4.79 Å². The highest BCUT2D eigenvalue weighted by Crippen LogP contribution is 2.39. The minimum atomic E-state index is -0.191. The van der Waals surface area contributed by atoms with Gasteiger partial charge in [-0.2, -0.15) is 0 Å². The van der Waals surface area contributed by atoms with E-state index < -0.39 is 0 Å². The zero-order valence-electron chi connectivity index (χ0n) is 21.9. The van der Waals surface area contributed by atoms with Crippen LogP contribution in [-0.4, -0.2) is 21.7 Å². The van der Waals surface area contributed by atoms with E-state index in [1.165, 1.54) is 17.9 Å². The Morgan fingerprint density at radius 2 is 1.94 bits per heavy atom. The molecule has 0 spiro atoms. The number of carbonyl (C=O) groups is 1. The minimum Gasteiger partial charge on any atom is -0.396 e. The second-order valence-electron chi connectivity index (χ2n) is 10.4. The van der Waals surface area contributed by atoms with Gasteiger partial charge in [0.2, 0.25) is 0 Å². The van der Waals surface area contributed by atoms with Gasteiger partial charge in [-0.25, -0.2) is 10.8 Å². The summed E-state index contributed by atoms with van der Waals surface area (Å²) in [5, 5.41) is 4.57. The van der Waals surface area contributed by atoms with E-state index in [4.69, 9.17) is 11.6 Å². The van der Waals surface area contributed by atoms with Crippen LogP contribution in [0.2, 0.25) is 0 Å². The lowest BCUT2D eigenvalue weighted by Crippen LogP contribution is -2.27. The molecule has 3 aromatic rings. The van der Waals surface area contributed by atoms with Crippen molar-refractivity contribution in [2.24, 2.45) is 18.6 Å². The molecule has 5 N–H and O–H groups in total. The van der Waals surface area contributed by atoms with Crippen molar-refractivity contribution in [2.45, 2.75) is 56.8 Å². The summed E-state index contributed by atoms with van der Waals surface area (Å²) in [6.07, 6.45) is 7.81. The van der Waals surface area contributed by atoms with Gasteiger partial charge in [0.15, 0.2) is 0 Å². The Hall–Kier alpha value is -3.23. The fourth-order valence-corrected chi connectivity index (χ4v) is 4.73. The quantitative estimate of drug-likeness (QED) is 0.223. The van der Waals surface area contributed by atoms with Crippen molar-refractivity contribution in [1.82, 2.24) is 9.55 Å². The predicted molar refractivity (Wildman–Crippen MR) is 150 cm³/mol. The molecule has 1 heterocycles. The van der Waals surface area contributed by atoms with Crippen molar-refractivity contribution in [1.29, 1.82) is 0 Å². The number of hydrogen-bond acceptors (Lipinski definition) is 6. The summed E-state index contributed by atoms with van der Waals surface area (Å²) in [6.45, 7) is 8.43. The molecule has 0 bridgehead atoms. The van der Waals surface area contributed by atoms with E-state index in [2.05, 4.69) is 49.3 Å². The van der Waals surface area contributed by atoms with Gasteiger partial charge in [0.05, 0.1) is 29.0 Å². The molecular formula is C28H36N6OS. The van der Waals surface area contributed by atoms with E-state index >= 15 is 0 Å². The van der Waals surface area contributed by atoms with Gasteiger partial charge in [0, 0.05) is 29.6 Å². The lowest BCUT2D eigenvalue weighted by molar-refractivity contribution is 0.102. The third-order valence-electron chi connectivity index (χ3n) is 6.60. The molecule has 1 aliphatic rings. The smallest absolute Gasteiger partial charge is 0.255 e. The standard InChI is InChI=1S/C28H36N6OS/c1-17-7-8-19(27(35)32-22-14-20(28(2,3)4)11-12-25(22)36-6)13-23(17)34(30)16-21(29)24-15-31-26(33(24)5)18-9-10-18/h7-8,11-16,18H,9-10,29-30H2,1-6H3,(H,32,35)/b21-16-. The van der Waals surface area contributed by atoms with Crippen LogP contribution < -0.4 is 21.9 Å². The zero-order valence-corrected chi connectivity index (χ0v) is 22.7. The van der Waals surface area contributed by atoms with Crippen LogP contribution in [0.4, 0.5) is 11.4 Å². The third kappa shape index (κ3) is 5.44. The highest BCUT2D eigenvalue weighted by Gasteiger charge is 2.28. The monoisotopic (exact) mass is 504 g/mol. The minimum absolute atomic E-state index is 0.0208. The summed E-state index contributed by atoms with van der Waals surface area (Å²) in [5.41, 5.74) is 11.8. The molecule has 0 unspecified atom stereocenters. The summed E-state index contributed by atoms with van der Waals surface area (Å²) in [6, 6.07) is 11.7. The molecule has 4 rings (SSSR count). The number of imidazole rings is 1. The van der Waals surface area contributed by atoms with Gasteiger partial charge in [-0.15, -0.1) is 11.8 Å². The number of anilines is 2. The zero-order chi connectivity index (χ0) is 26.2. The van der Waals surface area contributed by atoms with Crippen LogP contribution in [0.15, 0.2) is 53.7 Å². The van der Waals surface area contributed by atoms with Crippen molar-refractivity contribution in [3.8, 4) is 0 Å². The van der Waals surface area contributed by atoms with Gasteiger partial charge in [0.25, 0.3) is 5.91 Å². The van der Waals surface area contributed by atoms with Crippen LogP contribution in [0.25, 0.3) is 5.70 Å². The van der Waals surface area contributed by atoms with Crippen LogP contribution in [0.1, 0.15) is 72.5 Å². The first-order valence-corrected chi connectivity index (χ1v) is 13.4. The SMILES string of the molecule is CSc1ccc(C(C)(C)C)cc1NC(=O)c1ccc(C)c(N(N)/C=C(\N)c2cnc(C3CC3)n2C)c1. The molecule has 7 nitrogen and oxygen atoms in total. The number of nitrogens with two attached hydrogens (primary N) is 2. The number of carbonyl (C=O) groups excluding carboxylic acids is 1. The van der Waals surface area contributed by atoms with Crippen molar-refractivity contribution in [3.63, 3.8) is 0 Å². The largest absolute Gasteiger partial charge is 0.396 e. The molecule has 1 aromatic heterocycles. The van der Waals surface area contributed by atoms with Gasteiger partial charge < -0.3 is 15.6 Å². The van der Waals surface area contributed by atoms with E-state index in [1.807, 2.05) is 36.9 Å². The van der Waals surface area contributed by atoms with Crippen molar-refractivity contribution in [2.75, 3.05) is 16.6 Å². The number of nitrogens with one attached hydrogen (secondary N) is 1. The van der Waals surface area contributed by atoms with Gasteiger partial charge >= 0.3 is 0 Å². The Balaban J connectivity index is 1.58. The number of aromatic nitrogens is 2. The Morgan fingerprint density at radius 1 is 1.22 bits per heavy atom. The summed E-state index contributed by atoms with van der Waals surface area (Å²) in [5.74, 6) is 7.80. The molecule has 36 heavy (non-hydrogen) atoms. The van der Waals surface area contributed by atoms with E-state index in [0.29, 0.717) is 22.9 Å². The maximum Gasteiger partial charge on any atom is 0.255 e. The van der Waals surface area contributed by atoms with E-state index in [-0.39, 0.29) is 11.3 Å².